The Hall–Kier alpha value is -2.63. The van der Waals surface area contributed by atoms with Gasteiger partial charge in [0, 0.05) is 17.3 Å². The van der Waals surface area contributed by atoms with Crippen LogP contribution in [-0.4, -0.2) is 27.8 Å². The predicted octanol–water partition coefficient (Wildman–Crippen LogP) is 3.77. The van der Waals surface area contributed by atoms with Gasteiger partial charge in [-0.2, -0.15) is 0 Å². The lowest BCUT2D eigenvalue weighted by atomic mass is 10.2. The molecule has 0 N–H and O–H groups in total. The van der Waals surface area contributed by atoms with Crippen molar-refractivity contribution < 1.29 is 13.9 Å². The van der Waals surface area contributed by atoms with E-state index in [1.165, 1.54) is 7.11 Å². The van der Waals surface area contributed by atoms with Crippen LogP contribution in [0.2, 0.25) is 0 Å². The predicted molar refractivity (Wildman–Crippen MR) is 90.6 cm³/mol. The van der Waals surface area contributed by atoms with Crippen molar-refractivity contribution in [3.05, 3.63) is 36.2 Å². The molecule has 24 heavy (non-hydrogen) atoms. The highest BCUT2D eigenvalue weighted by molar-refractivity contribution is 5.88. The van der Waals surface area contributed by atoms with E-state index in [4.69, 9.17) is 9.15 Å². The number of ether oxygens (including phenoxy) is 1. The lowest BCUT2D eigenvalue weighted by Gasteiger charge is -2.18. The molecule has 3 aromatic rings. The highest BCUT2D eigenvalue weighted by Gasteiger charge is 2.26. The van der Waals surface area contributed by atoms with Crippen LogP contribution >= 0.6 is 0 Å². The summed E-state index contributed by atoms with van der Waals surface area (Å²) in [4.78, 5) is 12.3. The molecule has 1 unspecified atom stereocenters. The van der Waals surface area contributed by atoms with Gasteiger partial charge in [-0.15, -0.1) is 10.2 Å². The molecule has 3 rings (SSSR count). The van der Waals surface area contributed by atoms with Gasteiger partial charge in [0.1, 0.15) is 11.7 Å². The number of para-hydroxylation sites is 1. The number of esters is 1. The van der Waals surface area contributed by atoms with Gasteiger partial charge in [-0.25, -0.2) is 4.79 Å². The number of hydrogen-bond acceptors (Lipinski definition) is 5. The number of carbonyl (C=O) groups is 1. The number of rotatable bonds is 6. The summed E-state index contributed by atoms with van der Waals surface area (Å²) < 4.78 is 12.7. The Kier molecular flexibility index (Phi) is 4.64. The van der Waals surface area contributed by atoms with E-state index in [0.29, 0.717) is 18.2 Å². The summed E-state index contributed by atoms with van der Waals surface area (Å²) in [5.41, 5.74) is 1.68. The largest absolute Gasteiger partial charge is 0.467 e. The van der Waals surface area contributed by atoms with Crippen LogP contribution in [0, 0.1) is 0 Å². The summed E-state index contributed by atoms with van der Waals surface area (Å²) in [5.74, 6) is 0.751. The lowest BCUT2D eigenvalue weighted by molar-refractivity contribution is -0.144. The third-order valence-electron chi connectivity index (χ3n) is 4.07. The third kappa shape index (κ3) is 2.79. The number of fused-ring (bicyclic) bond motifs is 1. The second-order valence-electron chi connectivity index (χ2n) is 5.66. The van der Waals surface area contributed by atoms with Crippen LogP contribution in [0.1, 0.15) is 38.6 Å². The Balaban J connectivity index is 2.19. The molecule has 6 heteroatoms. The summed E-state index contributed by atoms with van der Waals surface area (Å²) in [6, 6.07) is 9.43. The molecule has 0 aliphatic rings. The molecule has 0 saturated carbocycles. The van der Waals surface area contributed by atoms with Crippen molar-refractivity contribution in [3.63, 3.8) is 0 Å². The zero-order valence-electron chi connectivity index (χ0n) is 14.2. The Morgan fingerprint density at radius 1 is 1.29 bits per heavy atom. The molecule has 0 radical (unpaired) electrons. The first kappa shape index (κ1) is 16.2. The van der Waals surface area contributed by atoms with Gasteiger partial charge < -0.3 is 13.7 Å². The SMILES string of the molecule is CCCc1nnc(-c2cc3ccccc3n2C(CC)C(=O)OC)o1. The van der Waals surface area contributed by atoms with Gasteiger partial charge in [0.25, 0.3) is 5.89 Å². The molecular formula is C18H21N3O3. The van der Waals surface area contributed by atoms with Crippen LogP contribution in [0.15, 0.2) is 34.7 Å². The van der Waals surface area contributed by atoms with E-state index in [0.717, 1.165) is 29.4 Å². The number of hydrogen-bond donors (Lipinski definition) is 0. The maximum absolute atomic E-state index is 12.3. The van der Waals surface area contributed by atoms with Crippen molar-refractivity contribution in [2.24, 2.45) is 0 Å². The standard InChI is InChI=1S/C18H21N3O3/c1-4-8-16-19-20-17(24-16)15-11-12-9-6-7-10-14(12)21(15)13(5-2)18(22)23-3/h6-7,9-11,13H,4-5,8H2,1-3H3. The van der Waals surface area contributed by atoms with E-state index in [-0.39, 0.29) is 5.97 Å². The van der Waals surface area contributed by atoms with Crippen LogP contribution in [-0.2, 0) is 16.0 Å². The molecule has 0 aliphatic heterocycles. The Labute approximate surface area is 140 Å². The number of carbonyl (C=O) groups excluding carboxylic acids is 1. The van der Waals surface area contributed by atoms with E-state index >= 15 is 0 Å². The van der Waals surface area contributed by atoms with E-state index in [1.54, 1.807) is 0 Å². The molecular weight excluding hydrogens is 306 g/mol. The van der Waals surface area contributed by atoms with E-state index < -0.39 is 6.04 Å². The smallest absolute Gasteiger partial charge is 0.328 e. The minimum Gasteiger partial charge on any atom is -0.467 e. The first-order valence-corrected chi connectivity index (χ1v) is 8.20. The van der Waals surface area contributed by atoms with Crippen LogP contribution in [0.3, 0.4) is 0 Å². The van der Waals surface area contributed by atoms with Gasteiger partial charge in [0.2, 0.25) is 5.89 Å². The first-order chi connectivity index (χ1) is 11.7. The van der Waals surface area contributed by atoms with Gasteiger partial charge in [-0.05, 0) is 25.0 Å². The molecule has 6 nitrogen and oxygen atoms in total. The van der Waals surface area contributed by atoms with Gasteiger partial charge in [0.05, 0.1) is 7.11 Å². The fourth-order valence-corrected chi connectivity index (χ4v) is 2.94. The van der Waals surface area contributed by atoms with Crippen LogP contribution < -0.4 is 0 Å². The van der Waals surface area contributed by atoms with Crippen molar-refractivity contribution in [2.75, 3.05) is 7.11 Å². The van der Waals surface area contributed by atoms with Crippen LogP contribution in [0.5, 0.6) is 0 Å². The Bertz CT molecular complexity index is 850. The first-order valence-electron chi connectivity index (χ1n) is 8.20. The normalized spacial score (nSPS) is 12.5. The highest BCUT2D eigenvalue weighted by Crippen LogP contribution is 2.32. The van der Waals surface area contributed by atoms with Crippen molar-refractivity contribution in [1.29, 1.82) is 0 Å². The quantitative estimate of drug-likeness (QED) is 0.645. The molecule has 0 aliphatic carbocycles. The molecule has 0 spiro atoms. The van der Waals surface area contributed by atoms with Crippen LogP contribution in [0.4, 0.5) is 0 Å². The lowest BCUT2D eigenvalue weighted by Crippen LogP contribution is -2.20. The maximum atomic E-state index is 12.3. The zero-order valence-corrected chi connectivity index (χ0v) is 14.2. The average Bonchev–Trinajstić information content (AvgIpc) is 3.21. The Morgan fingerprint density at radius 2 is 2.08 bits per heavy atom. The number of aryl methyl sites for hydroxylation is 1. The molecule has 0 bridgehead atoms. The second-order valence-corrected chi connectivity index (χ2v) is 5.66. The fraction of sp³-hybridized carbons (Fsp3) is 0.389. The summed E-state index contributed by atoms with van der Waals surface area (Å²) in [6.45, 7) is 4.02. The average molecular weight is 327 g/mol. The molecule has 1 atom stereocenters. The van der Waals surface area contributed by atoms with Crippen LogP contribution in [0.25, 0.3) is 22.5 Å². The van der Waals surface area contributed by atoms with Crippen molar-refractivity contribution in [2.45, 2.75) is 39.2 Å². The third-order valence-corrected chi connectivity index (χ3v) is 4.07. The summed E-state index contributed by atoms with van der Waals surface area (Å²) in [5, 5.41) is 9.29. The van der Waals surface area contributed by atoms with E-state index in [2.05, 4.69) is 17.1 Å². The molecule has 0 saturated heterocycles. The number of aromatic nitrogens is 3. The zero-order chi connectivity index (χ0) is 17.1. The van der Waals surface area contributed by atoms with E-state index in [1.807, 2.05) is 41.8 Å². The molecule has 1 aromatic carbocycles. The monoisotopic (exact) mass is 327 g/mol. The topological polar surface area (TPSA) is 70.2 Å². The highest BCUT2D eigenvalue weighted by atomic mass is 16.5. The minimum absolute atomic E-state index is 0.284. The number of benzene rings is 1. The molecule has 2 aromatic heterocycles. The van der Waals surface area contributed by atoms with E-state index in [9.17, 15) is 4.79 Å². The Morgan fingerprint density at radius 3 is 2.79 bits per heavy atom. The van der Waals surface area contributed by atoms with Gasteiger partial charge in [-0.3, -0.25) is 0 Å². The van der Waals surface area contributed by atoms with Gasteiger partial charge in [0.15, 0.2) is 0 Å². The minimum atomic E-state index is -0.438. The molecule has 2 heterocycles. The van der Waals surface area contributed by atoms with Crippen molar-refractivity contribution in [3.8, 4) is 11.6 Å². The second kappa shape index (κ2) is 6.86. The summed E-state index contributed by atoms with van der Waals surface area (Å²) >= 11 is 0. The fourth-order valence-electron chi connectivity index (χ4n) is 2.94. The summed E-state index contributed by atoms with van der Waals surface area (Å²) in [6.07, 6.45) is 2.28. The van der Waals surface area contributed by atoms with Gasteiger partial charge >= 0.3 is 5.97 Å². The molecule has 126 valence electrons. The molecule has 0 fully saturated rings. The number of methoxy groups -OCH3 is 1. The number of nitrogens with zero attached hydrogens (tertiary/aromatic N) is 3. The maximum Gasteiger partial charge on any atom is 0.328 e. The van der Waals surface area contributed by atoms with Gasteiger partial charge in [-0.1, -0.05) is 32.0 Å². The van der Waals surface area contributed by atoms with Crippen molar-refractivity contribution >= 4 is 16.9 Å². The molecule has 0 amide bonds. The van der Waals surface area contributed by atoms with Crippen molar-refractivity contribution in [1.82, 2.24) is 14.8 Å². The summed E-state index contributed by atoms with van der Waals surface area (Å²) in [7, 11) is 1.41.